The second-order valence-electron chi connectivity index (χ2n) is 3.93. The lowest BCUT2D eigenvalue weighted by Gasteiger charge is -2.09. The average Bonchev–Trinajstić information content (AvgIpc) is 2.31. The van der Waals surface area contributed by atoms with Gasteiger partial charge in [0, 0.05) is 6.42 Å². The lowest BCUT2D eigenvalue weighted by molar-refractivity contribution is -0.116. The standard InChI is InChI=1S/C14H15NO3/c1-3-18-14(17)13-9-11(6-7-15)4-5-12(13)8-10(2)16/h4-5,9H,3,6,8H2,1-2H3. The van der Waals surface area contributed by atoms with E-state index in [0.29, 0.717) is 11.1 Å². The molecule has 0 spiro atoms. The van der Waals surface area contributed by atoms with Crippen LogP contribution >= 0.6 is 0 Å². The monoisotopic (exact) mass is 245 g/mol. The maximum absolute atomic E-state index is 11.8. The molecule has 4 heteroatoms. The summed E-state index contributed by atoms with van der Waals surface area (Å²) in [5.74, 6) is -0.470. The van der Waals surface area contributed by atoms with Crippen LogP contribution in [0.4, 0.5) is 0 Å². The number of hydrogen-bond donors (Lipinski definition) is 0. The fraction of sp³-hybridized carbons (Fsp3) is 0.357. The van der Waals surface area contributed by atoms with Crippen LogP contribution in [0.2, 0.25) is 0 Å². The van der Waals surface area contributed by atoms with E-state index in [2.05, 4.69) is 0 Å². The lowest BCUT2D eigenvalue weighted by Crippen LogP contribution is -2.11. The zero-order valence-electron chi connectivity index (χ0n) is 10.5. The van der Waals surface area contributed by atoms with Crippen molar-refractivity contribution in [3.8, 4) is 6.07 Å². The van der Waals surface area contributed by atoms with E-state index in [-0.39, 0.29) is 25.2 Å². The Balaban J connectivity index is 3.13. The van der Waals surface area contributed by atoms with Gasteiger partial charge in [-0.25, -0.2) is 4.79 Å². The number of nitrogens with zero attached hydrogens (tertiary/aromatic N) is 1. The van der Waals surface area contributed by atoms with Crippen molar-refractivity contribution in [1.82, 2.24) is 0 Å². The van der Waals surface area contributed by atoms with Gasteiger partial charge < -0.3 is 4.74 Å². The second kappa shape index (κ2) is 6.55. The highest BCUT2D eigenvalue weighted by Gasteiger charge is 2.14. The number of carbonyl (C=O) groups excluding carboxylic acids is 2. The molecule has 1 aromatic rings. The molecule has 0 saturated heterocycles. The molecular weight excluding hydrogens is 230 g/mol. The SMILES string of the molecule is CCOC(=O)c1cc(CC#N)ccc1CC(C)=O. The highest BCUT2D eigenvalue weighted by atomic mass is 16.5. The van der Waals surface area contributed by atoms with E-state index in [4.69, 9.17) is 10.00 Å². The van der Waals surface area contributed by atoms with E-state index < -0.39 is 5.97 Å². The van der Waals surface area contributed by atoms with Crippen LogP contribution in [0.15, 0.2) is 18.2 Å². The van der Waals surface area contributed by atoms with Crippen molar-refractivity contribution in [2.75, 3.05) is 6.61 Å². The minimum absolute atomic E-state index is 0.0198. The van der Waals surface area contributed by atoms with E-state index in [0.717, 1.165) is 5.56 Å². The van der Waals surface area contributed by atoms with Crippen LogP contribution in [-0.2, 0) is 22.4 Å². The van der Waals surface area contributed by atoms with Crippen molar-refractivity contribution in [3.63, 3.8) is 0 Å². The van der Waals surface area contributed by atoms with Gasteiger partial charge in [0.25, 0.3) is 0 Å². The third-order valence-corrected chi connectivity index (χ3v) is 2.39. The van der Waals surface area contributed by atoms with Gasteiger partial charge in [0.05, 0.1) is 24.7 Å². The van der Waals surface area contributed by atoms with Crippen molar-refractivity contribution in [3.05, 3.63) is 34.9 Å². The topological polar surface area (TPSA) is 67.2 Å². The maximum atomic E-state index is 11.8. The Bertz CT molecular complexity index is 500. The molecule has 0 bridgehead atoms. The molecule has 0 amide bonds. The smallest absolute Gasteiger partial charge is 0.338 e. The Kier molecular flexibility index (Phi) is 5.06. The average molecular weight is 245 g/mol. The largest absolute Gasteiger partial charge is 0.462 e. The third kappa shape index (κ3) is 3.70. The quantitative estimate of drug-likeness (QED) is 0.745. The van der Waals surface area contributed by atoms with E-state index in [1.54, 1.807) is 25.1 Å². The van der Waals surface area contributed by atoms with E-state index in [1.807, 2.05) is 6.07 Å². The van der Waals surface area contributed by atoms with Gasteiger partial charge in [-0.2, -0.15) is 5.26 Å². The first-order valence-electron chi connectivity index (χ1n) is 5.73. The van der Waals surface area contributed by atoms with Crippen molar-refractivity contribution in [2.24, 2.45) is 0 Å². The van der Waals surface area contributed by atoms with Gasteiger partial charge in [-0.1, -0.05) is 12.1 Å². The van der Waals surface area contributed by atoms with Crippen LogP contribution in [0.3, 0.4) is 0 Å². The number of hydrogen-bond acceptors (Lipinski definition) is 4. The molecule has 1 aromatic carbocycles. The van der Waals surface area contributed by atoms with Crippen molar-refractivity contribution < 1.29 is 14.3 Å². The number of nitriles is 1. The van der Waals surface area contributed by atoms with E-state index >= 15 is 0 Å². The zero-order chi connectivity index (χ0) is 13.5. The predicted octanol–water partition coefficient (Wildman–Crippen LogP) is 2.06. The van der Waals surface area contributed by atoms with Crippen LogP contribution in [0, 0.1) is 11.3 Å². The van der Waals surface area contributed by atoms with Gasteiger partial charge in [0.2, 0.25) is 0 Å². The Morgan fingerprint density at radius 3 is 2.67 bits per heavy atom. The van der Waals surface area contributed by atoms with Crippen molar-refractivity contribution >= 4 is 11.8 Å². The molecule has 0 saturated carbocycles. The molecule has 0 N–H and O–H groups in total. The van der Waals surface area contributed by atoms with E-state index in [1.165, 1.54) is 6.92 Å². The minimum Gasteiger partial charge on any atom is -0.462 e. The highest BCUT2D eigenvalue weighted by molar-refractivity contribution is 5.93. The molecular formula is C14H15NO3. The van der Waals surface area contributed by atoms with Gasteiger partial charge in [0.15, 0.2) is 0 Å². The van der Waals surface area contributed by atoms with Gasteiger partial charge in [-0.3, -0.25) is 4.79 Å². The van der Waals surface area contributed by atoms with E-state index in [9.17, 15) is 9.59 Å². The summed E-state index contributed by atoms with van der Waals surface area (Å²) >= 11 is 0. The Hall–Kier alpha value is -2.15. The lowest BCUT2D eigenvalue weighted by atomic mass is 9.99. The second-order valence-corrected chi connectivity index (χ2v) is 3.93. The van der Waals surface area contributed by atoms with Crippen LogP contribution in [0.25, 0.3) is 0 Å². The summed E-state index contributed by atoms with van der Waals surface area (Å²) in [5, 5.41) is 8.65. The fourth-order valence-corrected chi connectivity index (χ4v) is 1.65. The third-order valence-electron chi connectivity index (χ3n) is 2.39. The molecule has 0 aromatic heterocycles. The minimum atomic E-state index is -0.450. The van der Waals surface area contributed by atoms with Gasteiger partial charge in [-0.05, 0) is 31.0 Å². The number of ether oxygens (including phenoxy) is 1. The fourth-order valence-electron chi connectivity index (χ4n) is 1.65. The Labute approximate surface area is 106 Å². The van der Waals surface area contributed by atoms with Gasteiger partial charge in [0.1, 0.15) is 5.78 Å². The maximum Gasteiger partial charge on any atom is 0.338 e. The molecule has 0 fully saturated rings. The molecule has 18 heavy (non-hydrogen) atoms. The molecule has 0 aliphatic rings. The normalized spacial score (nSPS) is 9.61. The number of benzene rings is 1. The van der Waals surface area contributed by atoms with Crippen LogP contribution in [0.5, 0.6) is 0 Å². The molecule has 0 heterocycles. The summed E-state index contributed by atoms with van der Waals surface area (Å²) in [6.07, 6.45) is 0.424. The predicted molar refractivity (Wildman–Crippen MR) is 66.1 cm³/mol. The number of esters is 1. The first-order chi connectivity index (χ1) is 8.58. The number of carbonyl (C=O) groups is 2. The molecule has 0 aliphatic carbocycles. The number of rotatable bonds is 5. The Morgan fingerprint density at radius 2 is 2.11 bits per heavy atom. The summed E-state index contributed by atoms with van der Waals surface area (Å²) in [6, 6.07) is 7.11. The van der Waals surface area contributed by atoms with Crippen LogP contribution in [-0.4, -0.2) is 18.4 Å². The molecule has 4 nitrogen and oxygen atoms in total. The van der Waals surface area contributed by atoms with Crippen molar-refractivity contribution in [1.29, 1.82) is 5.26 Å². The summed E-state index contributed by atoms with van der Waals surface area (Å²) in [6.45, 7) is 3.47. The summed E-state index contributed by atoms with van der Waals surface area (Å²) in [5.41, 5.74) is 1.76. The molecule has 0 radical (unpaired) electrons. The molecule has 0 atom stereocenters. The molecule has 0 unspecified atom stereocenters. The molecule has 94 valence electrons. The first kappa shape index (κ1) is 13.9. The molecule has 1 rings (SSSR count). The van der Waals surface area contributed by atoms with Gasteiger partial charge >= 0.3 is 5.97 Å². The molecule has 0 aliphatic heterocycles. The van der Waals surface area contributed by atoms with Crippen LogP contribution in [0.1, 0.15) is 35.3 Å². The number of ketones is 1. The zero-order valence-corrected chi connectivity index (χ0v) is 10.5. The first-order valence-corrected chi connectivity index (χ1v) is 5.73. The van der Waals surface area contributed by atoms with Crippen molar-refractivity contribution in [2.45, 2.75) is 26.7 Å². The summed E-state index contributed by atoms with van der Waals surface area (Å²) in [7, 11) is 0. The summed E-state index contributed by atoms with van der Waals surface area (Å²) in [4.78, 5) is 22.9. The summed E-state index contributed by atoms with van der Waals surface area (Å²) < 4.78 is 4.95. The highest BCUT2D eigenvalue weighted by Crippen LogP contribution is 2.15. The van der Waals surface area contributed by atoms with Gasteiger partial charge in [-0.15, -0.1) is 0 Å². The Morgan fingerprint density at radius 1 is 1.39 bits per heavy atom. The van der Waals surface area contributed by atoms with Crippen LogP contribution < -0.4 is 0 Å². The number of Topliss-reactive ketones (excluding diaryl/α,β-unsaturated/α-hetero) is 1.